The SMILES string of the molecule is Cc1nc(NCCCCN)cnc1Sc1cccc(Cl)c1Cl. The zero-order valence-electron chi connectivity index (χ0n) is 12.3. The van der Waals surface area contributed by atoms with Gasteiger partial charge >= 0.3 is 0 Å². The Bertz CT molecular complexity index is 637. The predicted octanol–water partition coefficient (Wildman–Crippen LogP) is 4.39. The van der Waals surface area contributed by atoms with Crippen LogP contribution in [0.25, 0.3) is 0 Å². The van der Waals surface area contributed by atoms with Gasteiger partial charge in [0.05, 0.1) is 21.9 Å². The molecule has 0 saturated heterocycles. The maximum absolute atomic E-state index is 6.20. The molecule has 0 radical (unpaired) electrons. The van der Waals surface area contributed by atoms with Crippen molar-refractivity contribution in [1.82, 2.24) is 9.97 Å². The van der Waals surface area contributed by atoms with Crippen molar-refractivity contribution in [3.8, 4) is 0 Å². The number of halogens is 2. The molecule has 2 rings (SSSR count). The van der Waals surface area contributed by atoms with Crippen LogP contribution in [0.4, 0.5) is 5.82 Å². The average molecular weight is 357 g/mol. The fraction of sp³-hybridized carbons (Fsp3) is 0.333. The van der Waals surface area contributed by atoms with Gasteiger partial charge in [0.25, 0.3) is 0 Å². The van der Waals surface area contributed by atoms with E-state index in [1.807, 2.05) is 19.1 Å². The van der Waals surface area contributed by atoms with Crippen LogP contribution in [0.5, 0.6) is 0 Å². The van der Waals surface area contributed by atoms with E-state index in [0.29, 0.717) is 16.6 Å². The quantitative estimate of drug-likeness (QED) is 0.720. The lowest BCUT2D eigenvalue weighted by Crippen LogP contribution is -2.07. The van der Waals surface area contributed by atoms with Crippen LogP contribution in [0.1, 0.15) is 18.5 Å². The number of hydrogen-bond donors (Lipinski definition) is 2. The molecule has 1 heterocycles. The van der Waals surface area contributed by atoms with E-state index in [0.717, 1.165) is 40.8 Å². The molecule has 1 aromatic heterocycles. The molecule has 0 aliphatic rings. The van der Waals surface area contributed by atoms with Gasteiger partial charge in [-0.05, 0) is 38.4 Å². The summed E-state index contributed by atoms with van der Waals surface area (Å²) < 4.78 is 0. The van der Waals surface area contributed by atoms with E-state index in [1.165, 1.54) is 11.8 Å². The number of rotatable bonds is 7. The summed E-state index contributed by atoms with van der Waals surface area (Å²) in [6.07, 6.45) is 3.75. The van der Waals surface area contributed by atoms with E-state index in [-0.39, 0.29) is 0 Å². The molecule has 1 aromatic carbocycles. The molecule has 0 aliphatic heterocycles. The van der Waals surface area contributed by atoms with Gasteiger partial charge < -0.3 is 11.1 Å². The molecule has 0 spiro atoms. The lowest BCUT2D eigenvalue weighted by atomic mass is 10.3. The molecule has 118 valence electrons. The first-order valence-corrected chi connectivity index (χ1v) is 8.58. The van der Waals surface area contributed by atoms with E-state index in [4.69, 9.17) is 28.9 Å². The van der Waals surface area contributed by atoms with Gasteiger partial charge in [0.15, 0.2) is 0 Å². The average Bonchev–Trinajstić information content (AvgIpc) is 2.51. The number of anilines is 1. The highest BCUT2D eigenvalue weighted by molar-refractivity contribution is 7.99. The summed E-state index contributed by atoms with van der Waals surface area (Å²) in [5.41, 5.74) is 6.32. The molecule has 3 N–H and O–H groups in total. The molecular formula is C15H18Cl2N4S. The Morgan fingerprint density at radius 1 is 1.27 bits per heavy atom. The molecule has 0 unspecified atom stereocenters. The van der Waals surface area contributed by atoms with Gasteiger partial charge in [0, 0.05) is 11.4 Å². The first kappa shape index (κ1) is 17.3. The molecule has 0 atom stereocenters. The van der Waals surface area contributed by atoms with Crippen molar-refractivity contribution >= 4 is 40.8 Å². The van der Waals surface area contributed by atoms with Crippen LogP contribution < -0.4 is 11.1 Å². The van der Waals surface area contributed by atoms with Gasteiger partial charge in [-0.1, -0.05) is 41.0 Å². The molecule has 0 bridgehead atoms. The maximum atomic E-state index is 6.20. The van der Waals surface area contributed by atoms with E-state index in [2.05, 4.69) is 15.3 Å². The van der Waals surface area contributed by atoms with Gasteiger partial charge in [0.2, 0.25) is 0 Å². The Morgan fingerprint density at radius 2 is 2.09 bits per heavy atom. The van der Waals surface area contributed by atoms with Gasteiger partial charge in [-0.2, -0.15) is 0 Å². The van der Waals surface area contributed by atoms with Crippen LogP contribution in [-0.4, -0.2) is 23.1 Å². The highest BCUT2D eigenvalue weighted by Gasteiger charge is 2.10. The second-order valence-corrected chi connectivity index (χ2v) is 6.54. The van der Waals surface area contributed by atoms with Crippen molar-refractivity contribution in [3.05, 3.63) is 40.1 Å². The van der Waals surface area contributed by atoms with Crippen molar-refractivity contribution in [3.63, 3.8) is 0 Å². The fourth-order valence-corrected chi connectivity index (χ4v) is 3.13. The first-order valence-electron chi connectivity index (χ1n) is 7.01. The molecule has 0 fully saturated rings. The molecule has 2 aromatic rings. The van der Waals surface area contributed by atoms with Crippen molar-refractivity contribution in [1.29, 1.82) is 0 Å². The van der Waals surface area contributed by atoms with Crippen LogP contribution in [0.15, 0.2) is 34.3 Å². The second kappa shape index (κ2) is 8.58. The van der Waals surface area contributed by atoms with Crippen LogP contribution in [-0.2, 0) is 0 Å². The highest BCUT2D eigenvalue weighted by atomic mass is 35.5. The third-order valence-corrected chi connectivity index (χ3v) is 5.05. The minimum atomic E-state index is 0.537. The van der Waals surface area contributed by atoms with Gasteiger partial charge in [-0.3, -0.25) is 0 Å². The molecule has 0 saturated carbocycles. The number of nitrogens with two attached hydrogens (primary N) is 1. The fourth-order valence-electron chi connectivity index (χ4n) is 1.81. The smallest absolute Gasteiger partial charge is 0.144 e. The molecular weight excluding hydrogens is 339 g/mol. The minimum Gasteiger partial charge on any atom is -0.369 e. The predicted molar refractivity (Wildman–Crippen MR) is 94.1 cm³/mol. The maximum Gasteiger partial charge on any atom is 0.144 e. The van der Waals surface area contributed by atoms with Crippen LogP contribution >= 0.6 is 35.0 Å². The Morgan fingerprint density at radius 3 is 2.82 bits per heavy atom. The number of nitrogens with one attached hydrogen (secondary N) is 1. The Hall–Kier alpha value is -1.01. The molecule has 7 heteroatoms. The van der Waals surface area contributed by atoms with Crippen molar-refractivity contribution in [2.75, 3.05) is 18.4 Å². The summed E-state index contributed by atoms with van der Waals surface area (Å²) in [6.45, 7) is 3.49. The summed E-state index contributed by atoms with van der Waals surface area (Å²) in [4.78, 5) is 9.84. The summed E-state index contributed by atoms with van der Waals surface area (Å²) in [5.74, 6) is 0.774. The van der Waals surface area contributed by atoms with E-state index < -0.39 is 0 Å². The summed E-state index contributed by atoms with van der Waals surface area (Å²) in [7, 11) is 0. The monoisotopic (exact) mass is 356 g/mol. The standard InChI is InChI=1S/C15H18Cl2N4S/c1-10-15(22-12-6-4-5-11(16)14(12)17)20-9-13(21-10)19-8-3-2-7-18/h4-6,9H,2-3,7-8,18H2,1H3,(H,19,21). The number of aromatic nitrogens is 2. The molecule has 0 amide bonds. The Kier molecular flexibility index (Phi) is 6.76. The van der Waals surface area contributed by atoms with E-state index in [1.54, 1.807) is 12.3 Å². The largest absolute Gasteiger partial charge is 0.369 e. The van der Waals surface area contributed by atoms with E-state index >= 15 is 0 Å². The number of aryl methyl sites for hydroxylation is 1. The van der Waals surface area contributed by atoms with Gasteiger partial charge in [0.1, 0.15) is 10.8 Å². The Labute approximate surface area is 144 Å². The summed E-state index contributed by atoms with van der Waals surface area (Å²) in [6, 6.07) is 5.55. The topological polar surface area (TPSA) is 63.8 Å². The molecule has 4 nitrogen and oxygen atoms in total. The molecule has 22 heavy (non-hydrogen) atoms. The number of hydrogen-bond acceptors (Lipinski definition) is 5. The van der Waals surface area contributed by atoms with Crippen LogP contribution in [0.3, 0.4) is 0 Å². The van der Waals surface area contributed by atoms with Crippen LogP contribution in [0.2, 0.25) is 10.0 Å². The second-order valence-electron chi connectivity index (χ2n) is 4.72. The van der Waals surface area contributed by atoms with Crippen molar-refractivity contribution < 1.29 is 0 Å². The lowest BCUT2D eigenvalue weighted by Gasteiger charge is -2.09. The van der Waals surface area contributed by atoms with Crippen molar-refractivity contribution in [2.45, 2.75) is 29.7 Å². The lowest BCUT2D eigenvalue weighted by molar-refractivity contribution is 0.770. The highest BCUT2D eigenvalue weighted by Crippen LogP contribution is 2.37. The Balaban J connectivity index is 2.05. The normalized spacial score (nSPS) is 10.7. The third kappa shape index (κ3) is 4.74. The number of nitrogens with zero attached hydrogens (tertiary/aromatic N) is 2. The summed E-state index contributed by atoms with van der Waals surface area (Å²) >= 11 is 13.7. The zero-order chi connectivity index (χ0) is 15.9. The van der Waals surface area contributed by atoms with Gasteiger partial charge in [-0.15, -0.1) is 0 Å². The minimum absolute atomic E-state index is 0.537. The van der Waals surface area contributed by atoms with Crippen molar-refractivity contribution in [2.24, 2.45) is 5.73 Å². The first-order chi connectivity index (χ1) is 10.6. The number of unbranched alkanes of at least 4 members (excludes halogenated alkanes) is 1. The molecule has 0 aliphatic carbocycles. The van der Waals surface area contributed by atoms with Crippen LogP contribution in [0, 0.1) is 6.92 Å². The van der Waals surface area contributed by atoms with Gasteiger partial charge in [-0.25, -0.2) is 9.97 Å². The third-order valence-electron chi connectivity index (χ3n) is 2.96. The van der Waals surface area contributed by atoms with E-state index in [9.17, 15) is 0 Å². The zero-order valence-corrected chi connectivity index (χ0v) is 14.6. The summed E-state index contributed by atoms with van der Waals surface area (Å²) in [5, 5.41) is 5.14. The number of benzene rings is 1.